The zero-order valence-corrected chi connectivity index (χ0v) is 12.4. The van der Waals surface area contributed by atoms with Crippen molar-refractivity contribution in [3.63, 3.8) is 0 Å². The fraction of sp³-hybridized carbons (Fsp3) is 0.267. The van der Waals surface area contributed by atoms with E-state index in [0.717, 1.165) is 5.76 Å². The lowest BCUT2D eigenvalue weighted by atomic mass is 10.1. The zero-order chi connectivity index (χ0) is 15.9. The molecule has 2 N–H and O–H groups in total. The summed E-state index contributed by atoms with van der Waals surface area (Å²) in [5.74, 6) is 1.35. The molecule has 0 bridgehead atoms. The number of nitrogens with zero attached hydrogens (tertiary/aromatic N) is 1. The van der Waals surface area contributed by atoms with E-state index in [9.17, 15) is 9.59 Å². The first-order valence-electron chi connectivity index (χ1n) is 6.81. The van der Waals surface area contributed by atoms with Gasteiger partial charge in [0, 0.05) is 0 Å². The summed E-state index contributed by atoms with van der Waals surface area (Å²) in [5.41, 5.74) is -0.0686. The van der Waals surface area contributed by atoms with Gasteiger partial charge >= 0.3 is 0 Å². The van der Waals surface area contributed by atoms with Gasteiger partial charge in [0.15, 0.2) is 0 Å². The number of hydrogen-bond donors (Lipinski definition) is 2. The van der Waals surface area contributed by atoms with Crippen molar-refractivity contribution in [2.75, 3.05) is 0 Å². The Hall–Kier alpha value is -2.83. The summed E-state index contributed by atoms with van der Waals surface area (Å²) >= 11 is 0. The molecule has 1 unspecified atom stereocenters. The Bertz CT molecular complexity index is 903. The average molecular weight is 301 g/mol. The molecule has 7 heteroatoms. The highest BCUT2D eigenvalue weighted by Gasteiger charge is 2.23. The highest BCUT2D eigenvalue weighted by atomic mass is 16.3. The Morgan fingerprint density at radius 3 is 2.77 bits per heavy atom. The minimum absolute atomic E-state index is 0.146. The third kappa shape index (κ3) is 2.30. The van der Waals surface area contributed by atoms with Crippen LogP contribution in [0.4, 0.5) is 0 Å². The van der Waals surface area contributed by atoms with E-state index in [1.54, 1.807) is 19.9 Å². The number of rotatable bonds is 3. The Labute approximate surface area is 125 Å². The Morgan fingerprint density at radius 2 is 2.09 bits per heavy atom. The second-order valence-corrected chi connectivity index (χ2v) is 5.09. The number of H-pyrrole nitrogens is 1. The van der Waals surface area contributed by atoms with Gasteiger partial charge < -0.3 is 19.1 Å². The number of furan rings is 2. The van der Waals surface area contributed by atoms with Crippen LogP contribution in [0, 0.1) is 13.8 Å². The molecule has 0 aliphatic rings. The quantitative estimate of drug-likeness (QED) is 0.772. The zero-order valence-electron chi connectivity index (χ0n) is 12.4. The number of carbonyl (C=O) groups excluding carboxylic acids is 1. The molecule has 0 saturated heterocycles. The predicted molar refractivity (Wildman–Crippen MR) is 78.7 cm³/mol. The minimum Gasteiger partial charge on any atom is -0.464 e. The van der Waals surface area contributed by atoms with Crippen LogP contribution in [-0.2, 0) is 0 Å². The lowest BCUT2D eigenvalue weighted by Gasteiger charge is -2.11. The molecule has 0 saturated carbocycles. The van der Waals surface area contributed by atoms with Crippen molar-refractivity contribution >= 4 is 17.0 Å². The van der Waals surface area contributed by atoms with Crippen LogP contribution in [-0.4, -0.2) is 15.9 Å². The Morgan fingerprint density at radius 1 is 1.32 bits per heavy atom. The van der Waals surface area contributed by atoms with Gasteiger partial charge in [-0.3, -0.25) is 9.59 Å². The maximum absolute atomic E-state index is 12.5. The molecule has 7 nitrogen and oxygen atoms in total. The maximum atomic E-state index is 12.5. The molecule has 3 heterocycles. The SMILES string of the molecule is Cc1ccc(C(C)NC(=O)c2c(C)oc3nc[nH]c(=O)c23)o1. The summed E-state index contributed by atoms with van der Waals surface area (Å²) < 4.78 is 10.9. The largest absolute Gasteiger partial charge is 0.464 e. The van der Waals surface area contributed by atoms with E-state index in [-0.39, 0.29) is 22.7 Å². The van der Waals surface area contributed by atoms with E-state index in [0.29, 0.717) is 11.5 Å². The van der Waals surface area contributed by atoms with Crippen LogP contribution in [0.1, 0.15) is 40.6 Å². The van der Waals surface area contributed by atoms with Crippen molar-refractivity contribution in [2.24, 2.45) is 0 Å². The van der Waals surface area contributed by atoms with Crippen LogP contribution < -0.4 is 10.9 Å². The standard InChI is InChI=1S/C15H15N3O4/c1-7-4-5-10(21-7)8(2)18-14(20)11-9(3)22-15-12(11)13(19)16-6-17-15/h4-6,8H,1-3H3,(H,18,20)(H,16,17,19). The van der Waals surface area contributed by atoms with E-state index in [2.05, 4.69) is 15.3 Å². The van der Waals surface area contributed by atoms with Crippen LogP contribution in [0.15, 0.2) is 32.1 Å². The van der Waals surface area contributed by atoms with E-state index in [1.165, 1.54) is 6.33 Å². The molecule has 1 amide bonds. The molecule has 0 aliphatic heterocycles. The lowest BCUT2D eigenvalue weighted by Crippen LogP contribution is -2.27. The molecule has 0 aliphatic carbocycles. The van der Waals surface area contributed by atoms with Gasteiger partial charge in [-0.25, -0.2) is 4.98 Å². The molecule has 1 atom stereocenters. The number of nitrogens with one attached hydrogen (secondary N) is 2. The van der Waals surface area contributed by atoms with Crippen molar-refractivity contribution < 1.29 is 13.6 Å². The minimum atomic E-state index is -0.409. The van der Waals surface area contributed by atoms with E-state index in [1.807, 2.05) is 13.0 Å². The second-order valence-electron chi connectivity index (χ2n) is 5.09. The summed E-state index contributed by atoms with van der Waals surface area (Å²) in [6.45, 7) is 5.25. The number of carbonyl (C=O) groups is 1. The third-order valence-electron chi connectivity index (χ3n) is 3.43. The molecular formula is C15H15N3O4. The highest BCUT2D eigenvalue weighted by molar-refractivity contribution is 6.06. The molecule has 0 aromatic carbocycles. The smallest absolute Gasteiger partial charge is 0.262 e. The van der Waals surface area contributed by atoms with E-state index >= 15 is 0 Å². The van der Waals surface area contributed by atoms with Crippen molar-refractivity contribution in [1.29, 1.82) is 0 Å². The van der Waals surface area contributed by atoms with Crippen molar-refractivity contribution in [3.05, 3.63) is 51.7 Å². The van der Waals surface area contributed by atoms with Gasteiger partial charge in [-0.2, -0.15) is 0 Å². The summed E-state index contributed by atoms with van der Waals surface area (Å²) in [7, 11) is 0. The predicted octanol–water partition coefficient (Wildman–Crippen LogP) is 2.22. The number of aryl methyl sites for hydroxylation is 2. The van der Waals surface area contributed by atoms with E-state index < -0.39 is 11.5 Å². The molecule has 3 aromatic rings. The monoisotopic (exact) mass is 301 g/mol. The van der Waals surface area contributed by atoms with Gasteiger partial charge in [0.2, 0.25) is 5.71 Å². The number of aromatic nitrogens is 2. The first-order chi connectivity index (χ1) is 10.5. The second kappa shape index (κ2) is 5.18. The van der Waals surface area contributed by atoms with Crippen LogP contribution in [0.2, 0.25) is 0 Å². The van der Waals surface area contributed by atoms with E-state index in [4.69, 9.17) is 8.83 Å². The molecule has 0 spiro atoms. The van der Waals surface area contributed by atoms with Crippen molar-refractivity contribution in [1.82, 2.24) is 15.3 Å². The Kier molecular flexibility index (Phi) is 3.32. The van der Waals surface area contributed by atoms with Gasteiger partial charge in [-0.15, -0.1) is 0 Å². The summed E-state index contributed by atoms with van der Waals surface area (Å²) in [6, 6.07) is 3.29. The molecule has 3 rings (SSSR count). The first kappa shape index (κ1) is 14.1. The third-order valence-corrected chi connectivity index (χ3v) is 3.43. The van der Waals surface area contributed by atoms with Gasteiger partial charge in [0.1, 0.15) is 22.7 Å². The van der Waals surface area contributed by atoms with Crippen LogP contribution in [0.3, 0.4) is 0 Å². The maximum Gasteiger partial charge on any atom is 0.262 e. The molecule has 0 radical (unpaired) electrons. The highest BCUT2D eigenvalue weighted by Crippen LogP contribution is 2.22. The van der Waals surface area contributed by atoms with Crippen molar-refractivity contribution in [3.8, 4) is 0 Å². The fourth-order valence-corrected chi connectivity index (χ4v) is 2.35. The molecular weight excluding hydrogens is 286 g/mol. The number of amides is 1. The van der Waals surface area contributed by atoms with Crippen LogP contribution in [0.25, 0.3) is 11.1 Å². The number of fused-ring (bicyclic) bond motifs is 1. The summed E-state index contributed by atoms with van der Waals surface area (Å²) in [4.78, 5) is 30.8. The fourth-order valence-electron chi connectivity index (χ4n) is 2.35. The Balaban J connectivity index is 1.96. The summed E-state index contributed by atoms with van der Waals surface area (Å²) in [6.07, 6.45) is 1.24. The van der Waals surface area contributed by atoms with Crippen molar-refractivity contribution in [2.45, 2.75) is 26.8 Å². The molecule has 114 valence electrons. The average Bonchev–Trinajstić information content (AvgIpc) is 3.02. The lowest BCUT2D eigenvalue weighted by molar-refractivity contribution is 0.0935. The first-order valence-corrected chi connectivity index (χ1v) is 6.81. The van der Waals surface area contributed by atoms with Gasteiger partial charge in [-0.05, 0) is 32.9 Å². The number of aromatic amines is 1. The molecule has 0 fully saturated rings. The summed E-state index contributed by atoms with van der Waals surface area (Å²) in [5, 5.41) is 2.95. The topological polar surface area (TPSA) is 101 Å². The molecule has 22 heavy (non-hydrogen) atoms. The van der Waals surface area contributed by atoms with Crippen LogP contribution >= 0.6 is 0 Å². The normalized spacial score (nSPS) is 12.5. The van der Waals surface area contributed by atoms with Gasteiger partial charge in [0.05, 0.1) is 17.9 Å². The van der Waals surface area contributed by atoms with Gasteiger partial charge in [-0.1, -0.05) is 0 Å². The number of hydrogen-bond acceptors (Lipinski definition) is 5. The van der Waals surface area contributed by atoms with Gasteiger partial charge in [0.25, 0.3) is 11.5 Å². The van der Waals surface area contributed by atoms with Crippen LogP contribution in [0.5, 0.6) is 0 Å². The molecule has 3 aromatic heterocycles.